The van der Waals surface area contributed by atoms with Crippen molar-refractivity contribution in [2.24, 2.45) is 0 Å². The summed E-state index contributed by atoms with van der Waals surface area (Å²) in [4.78, 5) is 2.45. The molecule has 0 aliphatic carbocycles. The SMILES string of the molecule is C=C/C=C(\CCCC/C=C\C(=C)n1c2ccccc2c2ccccc21)N(c1ccc(-c2ccccc2)cc1)c1cccc2c1sc1ccccc12. The Kier molecular flexibility index (Phi) is 9.20. The second kappa shape index (κ2) is 14.5. The Hall–Kier alpha value is -5.90. The zero-order chi connectivity index (χ0) is 34.6. The molecule has 0 radical (unpaired) electrons. The lowest BCUT2D eigenvalue weighted by atomic mass is 10.0. The molecule has 3 heteroatoms. The number of hydrogen-bond acceptors (Lipinski definition) is 2. The maximum absolute atomic E-state index is 4.47. The Morgan fingerprint density at radius 1 is 0.627 bits per heavy atom. The van der Waals surface area contributed by atoms with E-state index in [1.807, 2.05) is 17.4 Å². The van der Waals surface area contributed by atoms with Crippen LogP contribution in [0.1, 0.15) is 25.7 Å². The molecule has 51 heavy (non-hydrogen) atoms. The lowest BCUT2D eigenvalue weighted by Gasteiger charge is -2.29. The molecule has 0 aliphatic rings. The maximum atomic E-state index is 4.47. The molecule has 2 aromatic heterocycles. The summed E-state index contributed by atoms with van der Waals surface area (Å²) in [5.74, 6) is 0. The Bertz CT molecular complexity index is 2510. The van der Waals surface area contributed by atoms with Crippen LogP contribution >= 0.6 is 11.3 Å². The standard InChI is InChI=1S/C48H40N2S/c1-3-18-38(22-10-5-4-7-19-35(2)49-44-27-14-11-23-40(44)41-24-12-15-28-45(41)49)50(39-33-31-37(32-34-39)36-20-8-6-9-21-36)46-29-17-26-43-42-25-13-16-30-47(42)51-48(43)46/h3,6-9,11-21,23-34H,1-2,4-5,10,22H2/b19-7-,38-18+. The molecule has 8 aromatic rings. The van der Waals surface area contributed by atoms with Gasteiger partial charge in [0.05, 0.1) is 21.4 Å². The number of anilines is 2. The van der Waals surface area contributed by atoms with Crippen molar-refractivity contribution in [2.75, 3.05) is 4.90 Å². The molecular formula is C48H40N2S. The van der Waals surface area contributed by atoms with Gasteiger partial charge in [0, 0.05) is 43.3 Å². The highest BCUT2D eigenvalue weighted by Gasteiger charge is 2.19. The van der Waals surface area contributed by atoms with Crippen LogP contribution in [0.25, 0.3) is 58.8 Å². The lowest BCUT2D eigenvalue weighted by Crippen LogP contribution is -2.16. The minimum Gasteiger partial charge on any atom is -0.313 e. The molecule has 2 heterocycles. The molecule has 0 saturated carbocycles. The third kappa shape index (κ3) is 6.33. The first-order chi connectivity index (χ1) is 25.2. The number of rotatable bonds is 12. The van der Waals surface area contributed by atoms with Crippen LogP contribution in [-0.2, 0) is 0 Å². The highest BCUT2D eigenvalue weighted by molar-refractivity contribution is 7.26. The molecule has 0 N–H and O–H groups in total. The smallest absolute Gasteiger partial charge is 0.0637 e. The molecule has 0 atom stereocenters. The van der Waals surface area contributed by atoms with Gasteiger partial charge in [0.15, 0.2) is 0 Å². The molecular weight excluding hydrogens is 637 g/mol. The van der Waals surface area contributed by atoms with Gasteiger partial charge in [-0.1, -0.05) is 135 Å². The summed E-state index contributed by atoms with van der Waals surface area (Å²) in [5.41, 5.74) is 9.39. The van der Waals surface area contributed by atoms with E-state index in [0.29, 0.717) is 0 Å². The van der Waals surface area contributed by atoms with Gasteiger partial charge in [0.25, 0.3) is 0 Å². The van der Waals surface area contributed by atoms with E-state index in [2.05, 4.69) is 186 Å². The number of unbranched alkanes of at least 4 members (excludes halogenated alkanes) is 2. The summed E-state index contributed by atoms with van der Waals surface area (Å²) >= 11 is 1.87. The number of thiophene rings is 1. The van der Waals surface area contributed by atoms with Crippen LogP contribution in [0.15, 0.2) is 189 Å². The Labute approximate surface area is 304 Å². The fourth-order valence-electron chi connectivity index (χ4n) is 7.30. The molecule has 2 nitrogen and oxygen atoms in total. The summed E-state index contributed by atoms with van der Waals surface area (Å²) in [7, 11) is 0. The summed E-state index contributed by atoms with van der Waals surface area (Å²) in [6, 6.07) is 52.2. The van der Waals surface area contributed by atoms with E-state index in [0.717, 1.165) is 37.1 Å². The van der Waals surface area contributed by atoms with Crippen molar-refractivity contribution in [1.29, 1.82) is 0 Å². The van der Waals surface area contributed by atoms with Crippen molar-refractivity contribution in [2.45, 2.75) is 25.7 Å². The molecule has 0 amide bonds. The first-order valence-electron chi connectivity index (χ1n) is 17.7. The van der Waals surface area contributed by atoms with Crippen LogP contribution in [0, 0.1) is 0 Å². The summed E-state index contributed by atoms with van der Waals surface area (Å²) in [5, 5.41) is 5.12. The summed E-state index contributed by atoms with van der Waals surface area (Å²) < 4.78 is 4.89. The molecule has 0 unspecified atom stereocenters. The van der Waals surface area contributed by atoms with Gasteiger partial charge in [0.1, 0.15) is 0 Å². The molecule has 0 bridgehead atoms. The number of aromatic nitrogens is 1. The molecule has 0 aliphatic heterocycles. The second-order valence-electron chi connectivity index (χ2n) is 12.9. The van der Waals surface area contributed by atoms with Crippen molar-refractivity contribution in [3.05, 3.63) is 189 Å². The van der Waals surface area contributed by atoms with Crippen LogP contribution in [-0.4, -0.2) is 4.57 Å². The van der Waals surface area contributed by atoms with Crippen LogP contribution < -0.4 is 4.90 Å². The highest BCUT2D eigenvalue weighted by Crippen LogP contribution is 2.44. The molecule has 6 aromatic carbocycles. The van der Waals surface area contributed by atoms with E-state index in [4.69, 9.17) is 0 Å². The predicted octanol–water partition coefficient (Wildman–Crippen LogP) is 14.3. The molecule has 0 fully saturated rings. The largest absolute Gasteiger partial charge is 0.313 e. The zero-order valence-electron chi connectivity index (χ0n) is 28.7. The quantitative estimate of drug-likeness (QED) is 0.0923. The van der Waals surface area contributed by atoms with E-state index in [9.17, 15) is 0 Å². The third-order valence-corrected chi connectivity index (χ3v) is 10.9. The van der Waals surface area contributed by atoms with Gasteiger partial charge < -0.3 is 9.47 Å². The molecule has 0 saturated heterocycles. The number of hydrogen-bond donors (Lipinski definition) is 0. The molecule has 8 rings (SSSR count). The van der Waals surface area contributed by atoms with Gasteiger partial charge in [-0.05, 0) is 85.4 Å². The van der Waals surface area contributed by atoms with Gasteiger partial charge in [-0.15, -0.1) is 11.3 Å². The normalized spacial score (nSPS) is 12.0. The van der Waals surface area contributed by atoms with Gasteiger partial charge in [0.2, 0.25) is 0 Å². The van der Waals surface area contributed by atoms with E-state index in [1.165, 1.54) is 64.5 Å². The Morgan fingerprint density at radius 2 is 1.25 bits per heavy atom. The van der Waals surface area contributed by atoms with Crippen molar-refractivity contribution in [3.63, 3.8) is 0 Å². The highest BCUT2D eigenvalue weighted by atomic mass is 32.1. The third-order valence-electron chi connectivity index (χ3n) is 9.69. The Balaban J connectivity index is 1.05. The lowest BCUT2D eigenvalue weighted by molar-refractivity contribution is 0.734. The van der Waals surface area contributed by atoms with Crippen molar-refractivity contribution in [3.8, 4) is 11.1 Å². The summed E-state index contributed by atoms with van der Waals surface area (Å²) in [6.45, 7) is 8.62. The van der Waals surface area contributed by atoms with E-state index < -0.39 is 0 Å². The zero-order valence-corrected chi connectivity index (χ0v) is 29.5. The first-order valence-corrected chi connectivity index (χ1v) is 18.5. The number of nitrogens with zero attached hydrogens (tertiary/aromatic N) is 2. The fraction of sp³-hybridized carbons (Fsp3) is 0.0833. The number of para-hydroxylation sites is 2. The monoisotopic (exact) mass is 676 g/mol. The predicted molar refractivity (Wildman–Crippen MR) is 224 cm³/mol. The Morgan fingerprint density at radius 3 is 1.98 bits per heavy atom. The van der Waals surface area contributed by atoms with Crippen LogP contribution in [0.5, 0.6) is 0 Å². The number of allylic oxidation sites excluding steroid dienone is 6. The second-order valence-corrected chi connectivity index (χ2v) is 14.0. The van der Waals surface area contributed by atoms with Gasteiger partial charge >= 0.3 is 0 Å². The van der Waals surface area contributed by atoms with Gasteiger partial charge in [-0.2, -0.15) is 0 Å². The molecule has 248 valence electrons. The van der Waals surface area contributed by atoms with E-state index >= 15 is 0 Å². The topological polar surface area (TPSA) is 8.17 Å². The van der Waals surface area contributed by atoms with Crippen LogP contribution in [0.3, 0.4) is 0 Å². The van der Waals surface area contributed by atoms with Crippen molar-refractivity contribution in [1.82, 2.24) is 4.57 Å². The van der Waals surface area contributed by atoms with E-state index in [1.54, 1.807) is 0 Å². The van der Waals surface area contributed by atoms with Gasteiger partial charge in [-0.3, -0.25) is 0 Å². The summed E-state index contributed by atoms with van der Waals surface area (Å²) in [6.07, 6.45) is 12.6. The minimum absolute atomic E-state index is 0.926. The maximum Gasteiger partial charge on any atom is 0.0637 e. The van der Waals surface area contributed by atoms with E-state index in [-0.39, 0.29) is 0 Å². The first kappa shape index (κ1) is 32.3. The van der Waals surface area contributed by atoms with Crippen LogP contribution in [0.2, 0.25) is 0 Å². The van der Waals surface area contributed by atoms with Crippen LogP contribution in [0.4, 0.5) is 11.4 Å². The average molecular weight is 677 g/mol. The number of benzene rings is 6. The van der Waals surface area contributed by atoms with Crippen molar-refractivity contribution < 1.29 is 0 Å². The fourth-order valence-corrected chi connectivity index (χ4v) is 8.51. The minimum atomic E-state index is 0.926. The average Bonchev–Trinajstić information content (AvgIpc) is 3.73. The van der Waals surface area contributed by atoms with Crippen molar-refractivity contribution >= 4 is 70.4 Å². The molecule has 0 spiro atoms. The number of fused-ring (bicyclic) bond motifs is 6. The van der Waals surface area contributed by atoms with Gasteiger partial charge in [-0.25, -0.2) is 0 Å².